The van der Waals surface area contributed by atoms with Crippen molar-refractivity contribution in [3.05, 3.63) is 30.0 Å². The van der Waals surface area contributed by atoms with Crippen LogP contribution in [0.3, 0.4) is 0 Å². The van der Waals surface area contributed by atoms with Crippen LogP contribution < -0.4 is 9.80 Å². The maximum absolute atomic E-state index is 9.55. The summed E-state index contributed by atoms with van der Waals surface area (Å²) >= 11 is 1.96. The number of carboxylic acids is 4. The zero-order valence-electron chi connectivity index (χ0n) is 21.2. The first kappa shape index (κ1) is 30.6. The van der Waals surface area contributed by atoms with Crippen LogP contribution in [0.25, 0.3) is 0 Å². The zero-order valence-corrected chi connectivity index (χ0v) is 22.0. The zero-order chi connectivity index (χ0) is 28.1. The van der Waals surface area contributed by atoms with Crippen molar-refractivity contribution in [1.82, 2.24) is 14.9 Å². The first-order valence-electron chi connectivity index (χ1n) is 12.1. The van der Waals surface area contributed by atoms with Gasteiger partial charge in [0.1, 0.15) is 5.82 Å². The topological polar surface area (TPSA) is 185 Å². The first-order chi connectivity index (χ1) is 18.1. The van der Waals surface area contributed by atoms with Crippen LogP contribution in [-0.4, -0.2) is 111 Å². The molecule has 0 aromatic carbocycles. The predicted molar refractivity (Wildman–Crippen MR) is 141 cm³/mol. The third kappa shape index (κ3) is 10.8. The molecule has 208 valence electrons. The fourth-order valence-electron chi connectivity index (χ4n) is 3.78. The Bertz CT molecular complexity index is 984. The third-order valence-electron chi connectivity index (χ3n) is 5.64. The molecule has 0 spiro atoms. The van der Waals surface area contributed by atoms with E-state index < -0.39 is 23.9 Å². The molecule has 0 atom stereocenters. The Morgan fingerprint density at radius 2 is 1.21 bits per heavy atom. The average molecular weight is 552 g/mol. The lowest BCUT2D eigenvalue weighted by Crippen LogP contribution is -2.45. The van der Waals surface area contributed by atoms with Crippen LogP contribution in [0.2, 0.25) is 0 Å². The highest BCUT2D eigenvalue weighted by Crippen LogP contribution is 2.38. The second-order valence-electron chi connectivity index (χ2n) is 8.58. The van der Waals surface area contributed by atoms with Gasteiger partial charge in [-0.1, -0.05) is 0 Å². The first-order valence-corrected chi connectivity index (χ1v) is 13.1. The van der Waals surface area contributed by atoms with Crippen LogP contribution >= 0.6 is 11.8 Å². The van der Waals surface area contributed by atoms with Crippen LogP contribution in [-0.2, 0) is 25.6 Å². The predicted octanol–water partition coefficient (Wildman–Crippen LogP) is 1.29. The van der Waals surface area contributed by atoms with Gasteiger partial charge < -0.3 is 35.1 Å². The second-order valence-corrected chi connectivity index (χ2v) is 9.68. The van der Waals surface area contributed by atoms with Gasteiger partial charge in [0, 0.05) is 63.6 Å². The number of aryl methyl sites for hydroxylation is 1. The average Bonchev–Trinajstić information content (AvgIpc) is 3.42. The lowest BCUT2D eigenvalue weighted by molar-refractivity contribution is -0.134. The molecule has 0 bridgehead atoms. The number of fused-ring (bicyclic) bond motifs is 1. The molecule has 4 heterocycles. The number of aliphatic carboxylic acids is 4. The molecular weight excluding hydrogens is 518 g/mol. The van der Waals surface area contributed by atoms with E-state index in [2.05, 4.69) is 21.7 Å². The Balaban J connectivity index is 0.000000264. The number of carboxylic acid groups (broad SMARTS) is 4. The van der Waals surface area contributed by atoms with E-state index in [0.717, 1.165) is 51.6 Å². The quantitative estimate of drug-likeness (QED) is 0.371. The van der Waals surface area contributed by atoms with E-state index in [1.807, 2.05) is 11.8 Å². The van der Waals surface area contributed by atoms with Crippen molar-refractivity contribution in [1.29, 1.82) is 0 Å². The Morgan fingerprint density at radius 1 is 0.711 bits per heavy atom. The molecule has 1 aromatic heterocycles. The summed E-state index contributed by atoms with van der Waals surface area (Å²) in [6.07, 6.45) is 7.19. The molecule has 3 aliphatic rings. The molecule has 0 amide bonds. The lowest BCUT2D eigenvalue weighted by atomic mass is 10.2. The number of piperazine rings is 1. The molecule has 0 radical (unpaired) electrons. The molecule has 2 saturated heterocycles. The number of hydrogen-bond donors (Lipinski definition) is 4. The molecule has 2 fully saturated rings. The Labute approximate surface area is 224 Å². The van der Waals surface area contributed by atoms with Crippen molar-refractivity contribution >= 4 is 47.4 Å². The van der Waals surface area contributed by atoms with E-state index in [1.54, 1.807) is 0 Å². The minimum Gasteiger partial charge on any atom is -0.478 e. The molecule has 0 saturated carbocycles. The summed E-state index contributed by atoms with van der Waals surface area (Å²) in [5.41, 5.74) is 1.29. The van der Waals surface area contributed by atoms with Gasteiger partial charge in [0.25, 0.3) is 0 Å². The number of hydrogen-bond acceptors (Lipinski definition) is 10. The second kappa shape index (κ2) is 15.6. The molecular formula is C24H33N5O8S. The highest BCUT2D eigenvalue weighted by Gasteiger charge is 2.26. The largest absolute Gasteiger partial charge is 0.478 e. The molecule has 0 aliphatic carbocycles. The van der Waals surface area contributed by atoms with Crippen molar-refractivity contribution in [2.24, 2.45) is 0 Å². The van der Waals surface area contributed by atoms with Crippen molar-refractivity contribution in [3.63, 3.8) is 0 Å². The van der Waals surface area contributed by atoms with Gasteiger partial charge in [-0.25, -0.2) is 24.2 Å². The van der Waals surface area contributed by atoms with Gasteiger partial charge in [-0.05, 0) is 38.5 Å². The van der Waals surface area contributed by atoms with Gasteiger partial charge >= 0.3 is 23.9 Å². The number of carbonyl (C=O) groups is 4. The van der Waals surface area contributed by atoms with Gasteiger partial charge in [0.2, 0.25) is 5.95 Å². The summed E-state index contributed by atoms with van der Waals surface area (Å²) < 4.78 is 0. The van der Waals surface area contributed by atoms with Crippen LogP contribution in [0.4, 0.5) is 11.8 Å². The summed E-state index contributed by atoms with van der Waals surface area (Å²) in [4.78, 5) is 56.8. The molecule has 3 aliphatic heterocycles. The standard InChI is InChI=1S/C16H25N5S.2C4H4O4/c1-19-8-10-21(11-9-19)16-17-13-5-4-12-22-14(13)15(18-16)20-6-2-3-7-20;2*5-3(6)1-2-4(7)8/h2-12H2,1H3;2*1-2H,(H,5,6)(H,7,8). The summed E-state index contributed by atoms with van der Waals surface area (Å²) in [6, 6.07) is 0. The maximum Gasteiger partial charge on any atom is 0.328 e. The normalized spacial score (nSPS) is 17.3. The van der Waals surface area contributed by atoms with E-state index in [0.29, 0.717) is 24.3 Å². The molecule has 4 rings (SSSR count). The highest BCUT2D eigenvalue weighted by molar-refractivity contribution is 7.99. The fraction of sp³-hybridized carbons (Fsp3) is 0.500. The SMILES string of the molecule is CN1CCN(c2nc3c(c(N4CCCC4)n2)SCCC3)CC1.O=C(O)C=CC(=O)O.O=C(O)C=CC(=O)O. The number of nitrogens with zero attached hydrogens (tertiary/aromatic N) is 5. The van der Waals surface area contributed by atoms with Crippen LogP contribution in [0.5, 0.6) is 0 Å². The van der Waals surface area contributed by atoms with Crippen LogP contribution in [0, 0.1) is 0 Å². The summed E-state index contributed by atoms with van der Waals surface area (Å²) in [5.74, 6) is -1.62. The fourth-order valence-corrected chi connectivity index (χ4v) is 4.89. The summed E-state index contributed by atoms with van der Waals surface area (Å²) in [7, 11) is 2.19. The van der Waals surface area contributed by atoms with Crippen LogP contribution in [0.1, 0.15) is 25.0 Å². The monoisotopic (exact) mass is 551 g/mol. The number of thioether (sulfide) groups is 1. The van der Waals surface area contributed by atoms with E-state index in [4.69, 9.17) is 30.4 Å². The molecule has 0 unspecified atom stereocenters. The molecule has 4 N–H and O–H groups in total. The van der Waals surface area contributed by atoms with Crippen molar-refractivity contribution in [3.8, 4) is 0 Å². The summed E-state index contributed by atoms with van der Waals surface area (Å²) in [5, 5.41) is 31.2. The van der Waals surface area contributed by atoms with Crippen molar-refractivity contribution < 1.29 is 39.6 Å². The molecule has 1 aromatic rings. The van der Waals surface area contributed by atoms with Crippen molar-refractivity contribution in [2.75, 3.05) is 61.9 Å². The Kier molecular flexibility index (Phi) is 12.5. The molecule has 14 heteroatoms. The number of aromatic nitrogens is 2. The van der Waals surface area contributed by atoms with Gasteiger partial charge in [-0.3, -0.25) is 0 Å². The van der Waals surface area contributed by atoms with Gasteiger partial charge in [-0.15, -0.1) is 11.8 Å². The Hall–Kier alpha value is -3.65. The van der Waals surface area contributed by atoms with E-state index in [1.165, 1.54) is 41.4 Å². The third-order valence-corrected chi connectivity index (χ3v) is 6.84. The van der Waals surface area contributed by atoms with Gasteiger partial charge in [-0.2, -0.15) is 4.98 Å². The van der Waals surface area contributed by atoms with E-state index in [-0.39, 0.29) is 0 Å². The van der Waals surface area contributed by atoms with Crippen LogP contribution in [0.15, 0.2) is 29.2 Å². The number of anilines is 2. The van der Waals surface area contributed by atoms with Crippen molar-refractivity contribution in [2.45, 2.75) is 30.6 Å². The maximum atomic E-state index is 9.55. The number of rotatable bonds is 6. The smallest absolute Gasteiger partial charge is 0.328 e. The summed E-state index contributed by atoms with van der Waals surface area (Å²) in [6.45, 7) is 6.62. The highest BCUT2D eigenvalue weighted by atomic mass is 32.2. The van der Waals surface area contributed by atoms with Gasteiger partial charge in [0.05, 0.1) is 10.6 Å². The minimum atomic E-state index is -1.26. The van der Waals surface area contributed by atoms with E-state index in [9.17, 15) is 19.2 Å². The number of likely N-dealkylation sites (N-methyl/N-ethyl adjacent to an activating group) is 1. The van der Waals surface area contributed by atoms with E-state index >= 15 is 0 Å². The molecule has 38 heavy (non-hydrogen) atoms. The minimum absolute atomic E-state index is 0.558. The molecule has 13 nitrogen and oxygen atoms in total. The van der Waals surface area contributed by atoms with Gasteiger partial charge in [0.15, 0.2) is 0 Å². The lowest BCUT2D eigenvalue weighted by Gasteiger charge is -2.34. The Morgan fingerprint density at radius 3 is 1.68 bits per heavy atom.